The first-order chi connectivity index (χ1) is 5.31. The zero-order chi connectivity index (χ0) is 9.20. The van der Waals surface area contributed by atoms with Gasteiger partial charge in [-0.1, -0.05) is 13.8 Å². The second-order valence-corrected chi connectivity index (χ2v) is 5.30. The highest BCUT2D eigenvalue weighted by Crippen LogP contribution is 2.65. The highest BCUT2D eigenvalue weighted by Gasteiger charge is 2.69. The monoisotopic (exact) mass is 206 g/mol. The fraction of sp³-hybridized carbons (Fsp3) is 1.00. The van der Waals surface area contributed by atoms with E-state index in [-0.39, 0.29) is 17.8 Å². The van der Waals surface area contributed by atoms with Crippen LogP contribution in [0.1, 0.15) is 40.0 Å². The molecule has 0 heterocycles. The zero-order valence-corrected chi connectivity index (χ0v) is 9.32. The molecule has 0 saturated heterocycles. The molecule has 0 aliphatic heterocycles. The molecule has 3 aliphatic rings. The van der Waals surface area contributed by atoms with Gasteiger partial charge in [0.25, 0.3) is 0 Å². The first kappa shape index (κ1) is 11.3. The second-order valence-electron chi connectivity index (χ2n) is 5.30. The summed E-state index contributed by atoms with van der Waals surface area (Å²) < 4.78 is 0. The van der Waals surface area contributed by atoms with Crippen LogP contribution in [0.5, 0.6) is 0 Å². The van der Waals surface area contributed by atoms with Gasteiger partial charge in [0, 0.05) is 0 Å². The summed E-state index contributed by atoms with van der Waals surface area (Å²) >= 11 is 0. The highest BCUT2D eigenvalue weighted by molar-refractivity contribution is 5.85. The van der Waals surface area contributed by atoms with Gasteiger partial charge in [-0.3, -0.25) is 0 Å². The van der Waals surface area contributed by atoms with Crippen molar-refractivity contribution in [2.45, 2.75) is 51.2 Å². The molecule has 3 fully saturated rings. The van der Waals surface area contributed by atoms with Crippen LogP contribution < -0.4 is 0 Å². The quantitative estimate of drug-likeness (QED) is 0.634. The third-order valence-corrected chi connectivity index (χ3v) is 4.50. The molecule has 3 heteroatoms. The van der Waals surface area contributed by atoms with Crippen molar-refractivity contribution < 1.29 is 10.2 Å². The maximum Gasteiger partial charge on any atom is 0.0986 e. The van der Waals surface area contributed by atoms with Gasteiger partial charge in [-0.2, -0.15) is 0 Å². The van der Waals surface area contributed by atoms with E-state index in [1.807, 2.05) is 0 Å². The molecule has 2 bridgehead atoms. The predicted molar refractivity (Wildman–Crippen MR) is 53.9 cm³/mol. The molecule has 3 unspecified atom stereocenters. The van der Waals surface area contributed by atoms with E-state index in [9.17, 15) is 10.2 Å². The van der Waals surface area contributed by atoms with Gasteiger partial charge in [0.2, 0.25) is 0 Å². The first-order valence-electron chi connectivity index (χ1n) is 4.76. The fourth-order valence-corrected chi connectivity index (χ4v) is 3.12. The lowest BCUT2D eigenvalue weighted by atomic mass is 9.41. The van der Waals surface area contributed by atoms with Crippen molar-refractivity contribution >= 4 is 12.4 Å². The van der Waals surface area contributed by atoms with Crippen LogP contribution in [0.2, 0.25) is 0 Å². The Morgan fingerprint density at radius 1 is 1.15 bits per heavy atom. The van der Waals surface area contributed by atoms with Crippen molar-refractivity contribution in [2.24, 2.45) is 11.3 Å². The van der Waals surface area contributed by atoms with Crippen molar-refractivity contribution in [1.29, 1.82) is 0 Å². The Balaban J connectivity index is 0.000000845. The number of aliphatic hydroxyl groups is 2. The molecule has 0 amide bonds. The topological polar surface area (TPSA) is 40.5 Å². The maximum atomic E-state index is 10.2. The van der Waals surface area contributed by atoms with Gasteiger partial charge in [-0.15, -0.1) is 12.4 Å². The molecule has 13 heavy (non-hydrogen) atoms. The van der Waals surface area contributed by atoms with Crippen LogP contribution in [-0.2, 0) is 0 Å². The molecule has 0 aromatic carbocycles. The van der Waals surface area contributed by atoms with Crippen molar-refractivity contribution in [3.63, 3.8) is 0 Å². The SMILES string of the molecule is CC1(O)CCC2CC1(O)C2(C)C.Cl. The van der Waals surface area contributed by atoms with E-state index < -0.39 is 11.2 Å². The van der Waals surface area contributed by atoms with Crippen LogP contribution in [0.15, 0.2) is 0 Å². The van der Waals surface area contributed by atoms with Gasteiger partial charge in [0.1, 0.15) is 0 Å². The predicted octanol–water partition coefficient (Wildman–Crippen LogP) is 1.73. The summed E-state index contributed by atoms with van der Waals surface area (Å²) in [6.45, 7) is 5.90. The lowest BCUT2D eigenvalue weighted by Gasteiger charge is -2.68. The number of halogens is 1. The van der Waals surface area contributed by atoms with E-state index >= 15 is 0 Å². The molecule has 0 aromatic heterocycles. The van der Waals surface area contributed by atoms with Crippen molar-refractivity contribution in [2.75, 3.05) is 0 Å². The van der Waals surface area contributed by atoms with Crippen LogP contribution in [0.3, 0.4) is 0 Å². The summed E-state index contributed by atoms with van der Waals surface area (Å²) in [5.41, 5.74) is -1.79. The highest BCUT2D eigenvalue weighted by atomic mass is 35.5. The van der Waals surface area contributed by atoms with E-state index in [2.05, 4.69) is 13.8 Å². The van der Waals surface area contributed by atoms with Crippen LogP contribution in [0, 0.1) is 11.3 Å². The molecule has 2 nitrogen and oxygen atoms in total. The molecule has 0 radical (unpaired) electrons. The summed E-state index contributed by atoms with van der Waals surface area (Å²) in [6, 6.07) is 0. The molecule has 2 N–H and O–H groups in total. The molecule has 3 atom stereocenters. The minimum Gasteiger partial charge on any atom is -0.387 e. The van der Waals surface area contributed by atoms with Crippen LogP contribution in [-0.4, -0.2) is 21.4 Å². The van der Waals surface area contributed by atoms with Crippen molar-refractivity contribution in [1.82, 2.24) is 0 Å². The lowest BCUT2D eigenvalue weighted by molar-refractivity contribution is -0.312. The summed E-state index contributed by atoms with van der Waals surface area (Å²) in [4.78, 5) is 0. The normalized spacial score (nSPS) is 51.9. The molecule has 78 valence electrons. The summed E-state index contributed by atoms with van der Waals surface area (Å²) in [7, 11) is 0. The van der Waals surface area contributed by atoms with E-state index in [4.69, 9.17) is 0 Å². The maximum absolute atomic E-state index is 10.2. The van der Waals surface area contributed by atoms with E-state index in [0.29, 0.717) is 5.92 Å². The van der Waals surface area contributed by atoms with Crippen molar-refractivity contribution in [3.8, 4) is 0 Å². The molecule has 3 aliphatic carbocycles. The molecule has 3 saturated carbocycles. The van der Waals surface area contributed by atoms with Gasteiger partial charge in [-0.05, 0) is 37.5 Å². The van der Waals surface area contributed by atoms with Gasteiger partial charge in [-0.25, -0.2) is 0 Å². The number of hydrogen-bond acceptors (Lipinski definition) is 2. The zero-order valence-electron chi connectivity index (χ0n) is 8.50. The average molecular weight is 207 g/mol. The Kier molecular flexibility index (Phi) is 2.27. The number of rotatable bonds is 0. The molecule has 0 spiro atoms. The standard InChI is InChI=1S/C10H18O2.ClH/c1-8(2)7-4-5-9(3,11)10(8,12)6-7;/h7,11-12H,4-6H2,1-3H3;1H. The van der Waals surface area contributed by atoms with Gasteiger partial charge < -0.3 is 10.2 Å². The molecular weight excluding hydrogens is 188 g/mol. The van der Waals surface area contributed by atoms with E-state index in [1.54, 1.807) is 6.92 Å². The van der Waals surface area contributed by atoms with E-state index in [1.165, 1.54) is 0 Å². The second kappa shape index (κ2) is 2.62. The first-order valence-corrected chi connectivity index (χ1v) is 4.76. The molecule has 0 aromatic rings. The summed E-state index contributed by atoms with van der Waals surface area (Å²) in [5.74, 6) is 0.614. The largest absolute Gasteiger partial charge is 0.387 e. The summed E-state index contributed by atoms with van der Waals surface area (Å²) in [6.07, 6.45) is 2.59. The molecule has 3 rings (SSSR count). The summed E-state index contributed by atoms with van der Waals surface area (Å²) in [5, 5.41) is 20.3. The fourth-order valence-electron chi connectivity index (χ4n) is 3.12. The average Bonchev–Trinajstić information content (AvgIpc) is 1.94. The van der Waals surface area contributed by atoms with Crippen LogP contribution in [0.25, 0.3) is 0 Å². The lowest BCUT2D eigenvalue weighted by Crippen LogP contribution is -2.74. The van der Waals surface area contributed by atoms with Gasteiger partial charge >= 0.3 is 0 Å². The Morgan fingerprint density at radius 2 is 1.69 bits per heavy atom. The number of fused-ring (bicyclic) bond motifs is 2. The van der Waals surface area contributed by atoms with Crippen molar-refractivity contribution in [3.05, 3.63) is 0 Å². The van der Waals surface area contributed by atoms with Crippen LogP contribution in [0.4, 0.5) is 0 Å². The Bertz CT molecular complexity index is 215. The van der Waals surface area contributed by atoms with Crippen LogP contribution >= 0.6 is 12.4 Å². The van der Waals surface area contributed by atoms with Gasteiger partial charge in [0.15, 0.2) is 0 Å². The third-order valence-electron chi connectivity index (χ3n) is 4.50. The Morgan fingerprint density at radius 3 is 2.00 bits per heavy atom. The minimum atomic E-state index is -0.870. The Labute approximate surface area is 85.8 Å². The van der Waals surface area contributed by atoms with Gasteiger partial charge in [0.05, 0.1) is 11.2 Å². The Hall–Kier alpha value is 0.210. The number of hydrogen-bond donors (Lipinski definition) is 2. The minimum absolute atomic E-state index is 0. The van der Waals surface area contributed by atoms with E-state index in [0.717, 1.165) is 19.3 Å². The molecular formula is C10H19ClO2. The smallest absolute Gasteiger partial charge is 0.0986 e. The third kappa shape index (κ3) is 1.03.